The summed E-state index contributed by atoms with van der Waals surface area (Å²) < 4.78 is 11.9. The molecule has 1 heterocycles. The van der Waals surface area contributed by atoms with Crippen molar-refractivity contribution in [3.05, 3.63) is 15.6 Å². The minimum atomic E-state index is -0.849. The smallest absolute Gasteiger partial charge is 0.193 e. The number of fused-ring (bicyclic) bond motifs is 1. The lowest BCUT2D eigenvalue weighted by atomic mass is 10.0. The third kappa shape index (κ3) is 6.78. The van der Waals surface area contributed by atoms with Gasteiger partial charge in [0.25, 0.3) is 0 Å². The number of aromatic nitrogens is 1. The number of nitrogens with zero attached hydrogens (tertiary/aromatic N) is 3. The number of halogens is 1. The third-order valence-electron chi connectivity index (χ3n) is 4.09. The monoisotopic (exact) mass is 498 g/mol. The van der Waals surface area contributed by atoms with E-state index in [9.17, 15) is 4.21 Å². The van der Waals surface area contributed by atoms with Gasteiger partial charge < -0.3 is 10.2 Å². The molecule has 5 nitrogen and oxygen atoms in total. The number of nitrogens with one attached hydrogen (secondary N) is 1. The van der Waals surface area contributed by atoms with E-state index in [4.69, 9.17) is 4.98 Å². The maximum atomic E-state index is 12.1. The molecule has 1 atom stereocenters. The third-order valence-corrected chi connectivity index (χ3v) is 7.17. The van der Waals surface area contributed by atoms with Gasteiger partial charge in [0, 0.05) is 46.8 Å². The van der Waals surface area contributed by atoms with E-state index >= 15 is 0 Å². The maximum Gasteiger partial charge on any atom is 0.193 e. The Morgan fingerprint density at radius 1 is 1.36 bits per heavy atom. The highest BCUT2D eigenvalue weighted by atomic mass is 127. The van der Waals surface area contributed by atoms with Crippen LogP contribution in [0.2, 0.25) is 0 Å². The molecular weight excluding hydrogens is 467 g/mol. The molecule has 8 heteroatoms. The highest BCUT2D eigenvalue weighted by Gasteiger charge is 2.20. The number of aryl methyl sites for hydroxylation is 2. The number of thiazole rings is 1. The quantitative estimate of drug-likeness (QED) is 0.385. The first-order valence-corrected chi connectivity index (χ1v) is 10.7. The van der Waals surface area contributed by atoms with Gasteiger partial charge in [-0.15, -0.1) is 35.3 Å². The number of hydrogen-bond acceptors (Lipinski definition) is 4. The summed E-state index contributed by atoms with van der Waals surface area (Å²) in [6, 6.07) is 0. The van der Waals surface area contributed by atoms with Crippen LogP contribution in [0.15, 0.2) is 4.99 Å². The highest BCUT2D eigenvalue weighted by molar-refractivity contribution is 14.0. The molecule has 0 radical (unpaired) electrons. The number of aliphatic imine (C=N–C) groups is 1. The maximum absolute atomic E-state index is 12.1. The SMILES string of the molecule is CN=C(NCCS(=O)C(C)(C)C)N(C)Cc1nc2c(s1)CCCC2.I. The van der Waals surface area contributed by atoms with Crippen LogP contribution < -0.4 is 5.32 Å². The largest absolute Gasteiger partial charge is 0.355 e. The Labute approximate surface area is 175 Å². The molecule has 1 aliphatic rings. The second-order valence-electron chi connectivity index (χ2n) is 7.18. The summed E-state index contributed by atoms with van der Waals surface area (Å²) in [5.41, 5.74) is 1.30. The van der Waals surface area contributed by atoms with Gasteiger partial charge in [-0.2, -0.15) is 0 Å². The van der Waals surface area contributed by atoms with Gasteiger partial charge in [0.05, 0.1) is 12.2 Å². The molecule has 2 rings (SSSR count). The molecule has 1 aromatic rings. The van der Waals surface area contributed by atoms with E-state index in [1.165, 1.54) is 29.8 Å². The van der Waals surface area contributed by atoms with E-state index in [0.717, 1.165) is 23.9 Å². The summed E-state index contributed by atoms with van der Waals surface area (Å²) >= 11 is 1.84. The number of hydrogen-bond donors (Lipinski definition) is 1. The molecule has 1 aliphatic carbocycles. The van der Waals surface area contributed by atoms with Gasteiger partial charge in [0.2, 0.25) is 0 Å². The van der Waals surface area contributed by atoms with Crippen LogP contribution in [0.25, 0.3) is 0 Å². The predicted octanol–water partition coefficient (Wildman–Crippen LogP) is 3.19. The van der Waals surface area contributed by atoms with Crippen molar-refractivity contribution in [2.45, 2.75) is 57.7 Å². The average molecular weight is 499 g/mol. The Kier molecular flexibility index (Phi) is 9.31. The minimum absolute atomic E-state index is 0. The van der Waals surface area contributed by atoms with E-state index in [1.54, 1.807) is 7.05 Å². The molecule has 0 bridgehead atoms. The zero-order valence-corrected chi connectivity index (χ0v) is 19.9. The topological polar surface area (TPSA) is 57.6 Å². The zero-order valence-electron chi connectivity index (χ0n) is 15.9. The molecule has 144 valence electrons. The predicted molar refractivity (Wildman–Crippen MR) is 120 cm³/mol. The van der Waals surface area contributed by atoms with Gasteiger partial charge in [0.1, 0.15) is 5.01 Å². The molecule has 1 N–H and O–H groups in total. The normalized spacial score (nSPS) is 16.0. The van der Waals surface area contributed by atoms with E-state index in [2.05, 4.69) is 15.2 Å². The zero-order chi connectivity index (χ0) is 17.7. The second kappa shape index (κ2) is 10.2. The van der Waals surface area contributed by atoms with Crippen LogP contribution in [0.3, 0.4) is 0 Å². The molecule has 0 amide bonds. The van der Waals surface area contributed by atoms with Crippen molar-refractivity contribution in [3.8, 4) is 0 Å². The van der Waals surface area contributed by atoms with Crippen LogP contribution in [0.5, 0.6) is 0 Å². The van der Waals surface area contributed by atoms with E-state index < -0.39 is 10.8 Å². The first-order valence-electron chi connectivity index (χ1n) is 8.59. The fourth-order valence-corrected chi connectivity index (χ4v) is 4.81. The van der Waals surface area contributed by atoms with E-state index in [1.807, 2.05) is 39.2 Å². The van der Waals surface area contributed by atoms with Crippen LogP contribution >= 0.6 is 35.3 Å². The number of rotatable bonds is 5. The Balaban J connectivity index is 0.00000312. The van der Waals surface area contributed by atoms with Crippen LogP contribution in [-0.4, -0.2) is 51.2 Å². The fraction of sp³-hybridized carbons (Fsp3) is 0.765. The van der Waals surface area contributed by atoms with Crippen LogP contribution in [0.4, 0.5) is 0 Å². The van der Waals surface area contributed by atoms with Crippen molar-refractivity contribution >= 4 is 52.1 Å². The molecular formula is C17H31IN4OS2. The molecule has 25 heavy (non-hydrogen) atoms. The van der Waals surface area contributed by atoms with Crippen molar-refractivity contribution in [1.29, 1.82) is 0 Å². The molecule has 1 unspecified atom stereocenters. The van der Waals surface area contributed by atoms with Gasteiger partial charge in [-0.3, -0.25) is 9.20 Å². The van der Waals surface area contributed by atoms with Crippen molar-refractivity contribution in [3.63, 3.8) is 0 Å². The van der Waals surface area contributed by atoms with Crippen LogP contribution in [-0.2, 0) is 30.2 Å². The summed E-state index contributed by atoms with van der Waals surface area (Å²) in [4.78, 5) is 12.7. The van der Waals surface area contributed by atoms with E-state index in [-0.39, 0.29) is 28.7 Å². The summed E-state index contributed by atoms with van der Waals surface area (Å²) in [5.74, 6) is 1.45. The minimum Gasteiger partial charge on any atom is -0.355 e. The summed E-state index contributed by atoms with van der Waals surface area (Å²) in [6.07, 6.45) is 4.86. The lowest BCUT2D eigenvalue weighted by Crippen LogP contribution is -2.41. The van der Waals surface area contributed by atoms with Crippen molar-refractivity contribution in [2.24, 2.45) is 4.99 Å². The molecule has 0 aliphatic heterocycles. The van der Waals surface area contributed by atoms with Crippen molar-refractivity contribution < 1.29 is 4.21 Å². The van der Waals surface area contributed by atoms with Gasteiger partial charge in [-0.1, -0.05) is 0 Å². The summed E-state index contributed by atoms with van der Waals surface area (Å²) in [7, 11) is 2.96. The highest BCUT2D eigenvalue weighted by Crippen LogP contribution is 2.27. The van der Waals surface area contributed by atoms with Crippen molar-refractivity contribution in [1.82, 2.24) is 15.2 Å². The van der Waals surface area contributed by atoms with E-state index in [0.29, 0.717) is 12.3 Å². The first-order chi connectivity index (χ1) is 11.3. The van der Waals surface area contributed by atoms with Crippen molar-refractivity contribution in [2.75, 3.05) is 26.4 Å². The van der Waals surface area contributed by atoms with Gasteiger partial charge >= 0.3 is 0 Å². The van der Waals surface area contributed by atoms with Gasteiger partial charge in [-0.25, -0.2) is 4.98 Å². The van der Waals surface area contributed by atoms with Crippen LogP contribution in [0, 0.1) is 0 Å². The number of guanidine groups is 1. The Morgan fingerprint density at radius 2 is 2.04 bits per heavy atom. The Hall–Kier alpha value is -0.220. The lowest BCUT2D eigenvalue weighted by molar-refractivity contribution is 0.477. The second-order valence-corrected chi connectivity index (χ2v) is 10.7. The molecule has 0 saturated carbocycles. The molecule has 0 saturated heterocycles. The lowest BCUT2D eigenvalue weighted by Gasteiger charge is -2.22. The Bertz CT molecular complexity index is 587. The standard InChI is InChI=1S/C17H30N4OS2.HI/c1-17(2,3)24(22)11-10-19-16(18-4)21(5)12-15-20-13-8-6-7-9-14(13)23-15;/h6-12H2,1-5H3,(H,18,19);1H. The average Bonchev–Trinajstić information content (AvgIpc) is 2.92. The molecule has 0 spiro atoms. The molecule has 1 aromatic heterocycles. The van der Waals surface area contributed by atoms with Crippen LogP contribution in [0.1, 0.15) is 49.2 Å². The summed E-state index contributed by atoms with van der Waals surface area (Å²) in [5, 5.41) is 4.47. The fourth-order valence-electron chi connectivity index (χ4n) is 2.70. The van der Waals surface area contributed by atoms with Gasteiger partial charge in [-0.05, 0) is 46.5 Å². The molecule has 0 aromatic carbocycles. The van der Waals surface area contributed by atoms with Gasteiger partial charge in [0.15, 0.2) is 5.96 Å². The Morgan fingerprint density at radius 3 is 2.64 bits per heavy atom. The summed E-state index contributed by atoms with van der Waals surface area (Å²) in [6.45, 7) is 7.45. The molecule has 0 fully saturated rings. The first kappa shape index (κ1) is 22.8.